The van der Waals surface area contributed by atoms with Crippen LogP contribution < -0.4 is 0 Å². The summed E-state index contributed by atoms with van der Waals surface area (Å²) in [5.41, 5.74) is 0.645. The van der Waals surface area contributed by atoms with E-state index in [2.05, 4.69) is 26.1 Å². The summed E-state index contributed by atoms with van der Waals surface area (Å²) in [6.07, 6.45) is 0. The van der Waals surface area contributed by atoms with Gasteiger partial charge < -0.3 is 13.7 Å². The lowest BCUT2D eigenvalue weighted by atomic mass is 10.2. The van der Waals surface area contributed by atoms with Gasteiger partial charge in [0.15, 0.2) is 10.4 Å². The van der Waals surface area contributed by atoms with Crippen LogP contribution in [0.5, 0.6) is 0 Å². The van der Waals surface area contributed by atoms with Gasteiger partial charge in [0.1, 0.15) is 0 Å². The molecule has 0 atom stereocenters. The highest BCUT2D eigenvalue weighted by Gasteiger charge is 2.26. The summed E-state index contributed by atoms with van der Waals surface area (Å²) in [6.45, 7) is 1.53. The van der Waals surface area contributed by atoms with Crippen molar-refractivity contribution in [3.05, 3.63) is 41.1 Å². The highest BCUT2D eigenvalue weighted by atomic mass is 79.9. The SMILES string of the molecule is O=S(=O)(c1ccc(-c2noc(-c3ccc(Br)o3)n2)cc1)N1CCOCC1. The Morgan fingerprint density at radius 2 is 1.77 bits per heavy atom. The molecule has 0 radical (unpaired) electrons. The maximum Gasteiger partial charge on any atom is 0.293 e. The van der Waals surface area contributed by atoms with E-state index in [0.29, 0.717) is 48.1 Å². The van der Waals surface area contributed by atoms with Crippen LogP contribution in [0.1, 0.15) is 0 Å². The van der Waals surface area contributed by atoms with E-state index < -0.39 is 10.0 Å². The van der Waals surface area contributed by atoms with Crippen molar-refractivity contribution in [3.63, 3.8) is 0 Å². The fourth-order valence-electron chi connectivity index (χ4n) is 2.58. The third-order valence-electron chi connectivity index (χ3n) is 3.93. The number of halogens is 1. The molecule has 136 valence electrons. The van der Waals surface area contributed by atoms with Gasteiger partial charge in [-0.2, -0.15) is 9.29 Å². The molecule has 10 heteroatoms. The van der Waals surface area contributed by atoms with Crippen LogP contribution in [0.3, 0.4) is 0 Å². The van der Waals surface area contributed by atoms with Crippen molar-refractivity contribution in [1.82, 2.24) is 14.4 Å². The molecule has 3 aromatic rings. The van der Waals surface area contributed by atoms with Gasteiger partial charge in [0.25, 0.3) is 5.89 Å². The number of ether oxygens (including phenoxy) is 1. The molecule has 0 spiro atoms. The fraction of sp³-hybridized carbons (Fsp3) is 0.250. The maximum atomic E-state index is 12.6. The molecule has 3 heterocycles. The van der Waals surface area contributed by atoms with E-state index in [9.17, 15) is 8.42 Å². The zero-order valence-electron chi connectivity index (χ0n) is 13.5. The smallest absolute Gasteiger partial charge is 0.293 e. The average Bonchev–Trinajstić information content (AvgIpc) is 3.32. The van der Waals surface area contributed by atoms with Gasteiger partial charge in [-0.3, -0.25) is 0 Å². The molecule has 1 saturated heterocycles. The Morgan fingerprint density at radius 1 is 1.04 bits per heavy atom. The molecule has 1 aliphatic rings. The number of hydrogen-bond acceptors (Lipinski definition) is 7. The topological polar surface area (TPSA) is 98.7 Å². The Balaban J connectivity index is 1.57. The van der Waals surface area contributed by atoms with Crippen molar-refractivity contribution in [3.8, 4) is 23.0 Å². The molecular weight excluding hydrogens is 426 g/mol. The van der Waals surface area contributed by atoms with E-state index in [-0.39, 0.29) is 10.8 Å². The van der Waals surface area contributed by atoms with Gasteiger partial charge in [-0.25, -0.2) is 8.42 Å². The minimum atomic E-state index is -3.53. The first-order valence-corrected chi connectivity index (χ1v) is 10.0. The highest BCUT2D eigenvalue weighted by molar-refractivity contribution is 9.10. The number of sulfonamides is 1. The Hall–Kier alpha value is -2.01. The van der Waals surface area contributed by atoms with E-state index in [4.69, 9.17) is 13.7 Å². The fourth-order valence-corrected chi connectivity index (χ4v) is 4.30. The molecule has 26 heavy (non-hydrogen) atoms. The Kier molecular flexibility index (Phi) is 4.65. The van der Waals surface area contributed by atoms with E-state index in [1.807, 2.05) is 0 Å². The molecule has 0 N–H and O–H groups in total. The van der Waals surface area contributed by atoms with Gasteiger partial charge in [0, 0.05) is 18.7 Å². The van der Waals surface area contributed by atoms with Crippen molar-refractivity contribution in [2.75, 3.05) is 26.3 Å². The number of benzene rings is 1. The molecule has 0 amide bonds. The summed E-state index contributed by atoms with van der Waals surface area (Å²) < 4.78 is 43.0. The molecule has 0 saturated carbocycles. The lowest BCUT2D eigenvalue weighted by Crippen LogP contribution is -2.40. The standard InChI is InChI=1S/C16H14BrN3O5S/c17-14-6-5-13(24-14)16-18-15(19-25-16)11-1-3-12(4-2-11)26(21,22)20-7-9-23-10-8-20/h1-6H,7-10H2. The molecule has 8 nitrogen and oxygen atoms in total. The number of furan rings is 1. The van der Waals surface area contributed by atoms with E-state index in [1.54, 1.807) is 36.4 Å². The van der Waals surface area contributed by atoms with Gasteiger partial charge in [-0.05, 0) is 52.3 Å². The third kappa shape index (κ3) is 3.32. The van der Waals surface area contributed by atoms with Crippen molar-refractivity contribution in [1.29, 1.82) is 0 Å². The summed E-state index contributed by atoms with van der Waals surface area (Å²) >= 11 is 3.22. The number of nitrogens with zero attached hydrogens (tertiary/aromatic N) is 3. The highest BCUT2D eigenvalue weighted by Crippen LogP contribution is 2.27. The predicted octanol–water partition coefficient (Wildman–Crippen LogP) is 2.78. The molecule has 2 aromatic heterocycles. The number of morpholine rings is 1. The van der Waals surface area contributed by atoms with Crippen LogP contribution >= 0.6 is 15.9 Å². The number of hydrogen-bond donors (Lipinski definition) is 0. The van der Waals surface area contributed by atoms with Crippen molar-refractivity contribution in [2.24, 2.45) is 0 Å². The van der Waals surface area contributed by atoms with E-state index >= 15 is 0 Å². The van der Waals surface area contributed by atoms with Gasteiger partial charge >= 0.3 is 0 Å². The zero-order valence-corrected chi connectivity index (χ0v) is 15.9. The van der Waals surface area contributed by atoms with Crippen LogP contribution in [0.4, 0.5) is 0 Å². The molecule has 1 aliphatic heterocycles. The van der Waals surface area contributed by atoms with Gasteiger partial charge in [0.05, 0.1) is 18.1 Å². The quantitative estimate of drug-likeness (QED) is 0.615. The van der Waals surface area contributed by atoms with Crippen LogP contribution in [0.2, 0.25) is 0 Å². The van der Waals surface area contributed by atoms with E-state index in [1.165, 1.54) is 4.31 Å². The van der Waals surface area contributed by atoms with Crippen LogP contribution in [-0.2, 0) is 14.8 Å². The maximum absolute atomic E-state index is 12.6. The average molecular weight is 440 g/mol. The molecule has 0 aliphatic carbocycles. The first-order valence-electron chi connectivity index (χ1n) is 7.82. The largest absolute Gasteiger partial charge is 0.444 e. The third-order valence-corrected chi connectivity index (χ3v) is 6.27. The first-order chi connectivity index (χ1) is 12.5. The second-order valence-corrected chi connectivity index (χ2v) is 8.29. The number of aromatic nitrogens is 2. The Morgan fingerprint density at radius 3 is 2.42 bits per heavy atom. The second-order valence-electron chi connectivity index (χ2n) is 5.57. The molecule has 1 fully saturated rings. The van der Waals surface area contributed by atoms with Gasteiger partial charge in [-0.1, -0.05) is 5.16 Å². The normalized spacial score (nSPS) is 16.0. The molecule has 4 rings (SSSR count). The van der Waals surface area contributed by atoms with Crippen LogP contribution in [-0.4, -0.2) is 49.2 Å². The lowest BCUT2D eigenvalue weighted by molar-refractivity contribution is 0.0730. The minimum Gasteiger partial charge on any atom is -0.444 e. The zero-order chi connectivity index (χ0) is 18.1. The lowest BCUT2D eigenvalue weighted by Gasteiger charge is -2.26. The number of rotatable bonds is 4. The van der Waals surface area contributed by atoms with E-state index in [0.717, 1.165) is 0 Å². The molecular formula is C16H14BrN3O5S. The van der Waals surface area contributed by atoms with Crippen LogP contribution in [0.15, 0.2) is 54.9 Å². The summed E-state index contributed by atoms with van der Waals surface area (Å²) in [7, 11) is -3.53. The van der Waals surface area contributed by atoms with Gasteiger partial charge in [0.2, 0.25) is 15.8 Å². The van der Waals surface area contributed by atoms with Gasteiger partial charge in [-0.15, -0.1) is 0 Å². The monoisotopic (exact) mass is 439 g/mol. The molecule has 0 bridgehead atoms. The second kappa shape index (κ2) is 6.95. The molecule has 1 aromatic carbocycles. The first kappa shape index (κ1) is 17.4. The van der Waals surface area contributed by atoms with Crippen LogP contribution in [0.25, 0.3) is 23.0 Å². The van der Waals surface area contributed by atoms with Crippen molar-refractivity contribution >= 4 is 26.0 Å². The summed E-state index contributed by atoms with van der Waals surface area (Å²) in [6, 6.07) is 9.82. The Bertz CT molecular complexity index is 1010. The summed E-state index contributed by atoms with van der Waals surface area (Å²) in [5.74, 6) is 1.04. The minimum absolute atomic E-state index is 0.224. The Labute approximate surface area is 157 Å². The predicted molar refractivity (Wildman–Crippen MR) is 94.7 cm³/mol. The summed E-state index contributed by atoms with van der Waals surface area (Å²) in [5, 5.41) is 3.92. The van der Waals surface area contributed by atoms with Crippen molar-refractivity contribution < 1.29 is 22.1 Å². The van der Waals surface area contributed by atoms with Crippen molar-refractivity contribution in [2.45, 2.75) is 4.90 Å². The van der Waals surface area contributed by atoms with Crippen LogP contribution in [0, 0.1) is 0 Å². The summed E-state index contributed by atoms with van der Waals surface area (Å²) in [4.78, 5) is 4.50. The molecule has 0 unspecified atom stereocenters.